The monoisotopic (exact) mass is 252 g/mol. The number of nitrogens with zero attached hydrogens (tertiary/aromatic N) is 2. The molecule has 0 spiro atoms. The smallest absolute Gasteiger partial charge is 0.110 e. The highest BCUT2D eigenvalue weighted by atomic mass is 16.5. The van der Waals surface area contributed by atoms with Crippen LogP contribution < -0.4 is 11.3 Å². The average Bonchev–Trinajstić information content (AvgIpc) is 2.83. The van der Waals surface area contributed by atoms with Crippen molar-refractivity contribution in [2.24, 2.45) is 5.84 Å². The zero-order chi connectivity index (χ0) is 13.0. The molecule has 5 heteroatoms. The molecule has 1 aliphatic rings. The van der Waals surface area contributed by atoms with E-state index in [0.717, 1.165) is 38.2 Å². The summed E-state index contributed by atoms with van der Waals surface area (Å²) in [7, 11) is 0. The summed E-state index contributed by atoms with van der Waals surface area (Å²) >= 11 is 0. The van der Waals surface area contributed by atoms with Crippen LogP contribution in [0, 0.1) is 0 Å². The van der Waals surface area contributed by atoms with Gasteiger partial charge in [0.2, 0.25) is 0 Å². The largest absolute Gasteiger partial charge is 0.374 e. The molecule has 2 atom stereocenters. The molecular weight excluding hydrogens is 228 g/mol. The first-order chi connectivity index (χ1) is 8.69. The second-order valence-electron chi connectivity index (χ2n) is 5.17. The van der Waals surface area contributed by atoms with E-state index in [-0.39, 0.29) is 11.6 Å². The lowest BCUT2D eigenvalue weighted by Crippen LogP contribution is -2.55. The van der Waals surface area contributed by atoms with Crippen LogP contribution in [0.2, 0.25) is 0 Å². The normalized spacial score (nSPS) is 26.2. The lowest BCUT2D eigenvalue weighted by atomic mass is 9.86. The van der Waals surface area contributed by atoms with Crippen molar-refractivity contribution in [3.05, 3.63) is 18.2 Å². The molecule has 1 saturated heterocycles. The first-order valence-electron chi connectivity index (χ1n) is 6.79. The van der Waals surface area contributed by atoms with E-state index in [2.05, 4.69) is 28.8 Å². The Hall–Kier alpha value is -0.910. The topological polar surface area (TPSA) is 65.1 Å². The minimum absolute atomic E-state index is 0.102. The number of nitrogens with two attached hydrogens (primary N) is 1. The van der Waals surface area contributed by atoms with E-state index in [4.69, 9.17) is 10.6 Å². The van der Waals surface area contributed by atoms with Crippen LogP contribution in [0.15, 0.2) is 12.4 Å². The van der Waals surface area contributed by atoms with Crippen LogP contribution in [0.1, 0.15) is 38.9 Å². The second-order valence-corrected chi connectivity index (χ2v) is 5.17. The molecule has 1 fully saturated rings. The van der Waals surface area contributed by atoms with Crippen LogP contribution in [0.5, 0.6) is 0 Å². The van der Waals surface area contributed by atoms with E-state index in [1.165, 1.54) is 6.42 Å². The van der Waals surface area contributed by atoms with Crippen molar-refractivity contribution in [1.82, 2.24) is 15.0 Å². The van der Waals surface area contributed by atoms with Crippen LogP contribution in [0.4, 0.5) is 0 Å². The fourth-order valence-electron chi connectivity index (χ4n) is 2.68. The molecule has 2 heterocycles. The molecule has 0 radical (unpaired) electrons. The van der Waals surface area contributed by atoms with E-state index >= 15 is 0 Å². The Balaban J connectivity index is 2.09. The number of hydrogen-bond donors (Lipinski definition) is 2. The Morgan fingerprint density at radius 2 is 2.44 bits per heavy atom. The third-order valence-electron chi connectivity index (χ3n) is 3.97. The fourth-order valence-corrected chi connectivity index (χ4v) is 2.68. The molecule has 1 aromatic rings. The predicted molar refractivity (Wildman–Crippen MR) is 70.9 cm³/mol. The summed E-state index contributed by atoms with van der Waals surface area (Å²) in [5.74, 6) is 6.80. The molecule has 102 valence electrons. The summed E-state index contributed by atoms with van der Waals surface area (Å²) in [5.41, 5.74) is 2.74. The molecule has 0 aromatic carbocycles. The Bertz CT molecular complexity index is 371. The van der Waals surface area contributed by atoms with Gasteiger partial charge < -0.3 is 9.30 Å². The first kappa shape index (κ1) is 13.5. The van der Waals surface area contributed by atoms with Crippen molar-refractivity contribution in [2.75, 3.05) is 6.61 Å². The van der Waals surface area contributed by atoms with Crippen LogP contribution in [-0.2, 0) is 17.7 Å². The molecule has 1 aromatic heterocycles. The maximum Gasteiger partial charge on any atom is 0.110 e. The predicted octanol–water partition coefficient (Wildman–Crippen LogP) is 1.24. The summed E-state index contributed by atoms with van der Waals surface area (Å²) in [4.78, 5) is 4.41. The van der Waals surface area contributed by atoms with Gasteiger partial charge in [0.15, 0.2) is 0 Å². The van der Waals surface area contributed by atoms with E-state index in [1.54, 1.807) is 0 Å². The number of hydrazine groups is 1. The third-order valence-corrected chi connectivity index (χ3v) is 3.97. The van der Waals surface area contributed by atoms with E-state index < -0.39 is 0 Å². The zero-order valence-electron chi connectivity index (χ0n) is 11.4. The lowest BCUT2D eigenvalue weighted by Gasteiger charge is -2.40. The highest BCUT2D eigenvalue weighted by molar-refractivity contribution is 5.01. The molecule has 2 unspecified atom stereocenters. The molecule has 5 nitrogen and oxygen atoms in total. The number of imidazole rings is 1. The highest BCUT2D eigenvalue weighted by Crippen LogP contribution is 2.29. The van der Waals surface area contributed by atoms with Gasteiger partial charge in [0.05, 0.1) is 11.6 Å². The standard InChI is InChI=1S/C13H24N4O/c1-3-17-8-7-15-12(17)10-11(16-14)13(2)6-4-5-9-18-13/h7-8,11,16H,3-6,9-10,14H2,1-2H3. The van der Waals surface area contributed by atoms with Crippen LogP contribution in [-0.4, -0.2) is 27.8 Å². The van der Waals surface area contributed by atoms with Gasteiger partial charge in [-0.3, -0.25) is 11.3 Å². The number of hydrogen-bond acceptors (Lipinski definition) is 4. The molecule has 0 aliphatic carbocycles. The van der Waals surface area contributed by atoms with Gasteiger partial charge in [-0.05, 0) is 33.1 Å². The van der Waals surface area contributed by atoms with Gasteiger partial charge in [0.25, 0.3) is 0 Å². The minimum atomic E-state index is -0.183. The Kier molecular flexibility index (Phi) is 4.37. The van der Waals surface area contributed by atoms with Crippen molar-refractivity contribution in [3.63, 3.8) is 0 Å². The second kappa shape index (κ2) is 5.82. The van der Waals surface area contributed by atoms with Gasteiger partial charge in [-0.2, -0.15) is 0 Å². The summed E-state index contributed by atoms with van der Waals surface area (Å²) in [6.45, 7) is 6.03. The quantitative estimate of drug-likeness (QED) is 0.611. The first-order valence-corrected chi connectivity index (χ1v) is 6.79. The minimum Gasteiger partial charge on any atom is -0.374 e. The lowest BCUT2D eigenvalue weighted by molar-refractivity contribution is -0.0889. The highest BCUT2D eigenvalue weighted by Gasteiger charge is 2.36. The SMILES string of the molecule is CCn1ccnc1CC(NN)C1(C)CCCCO1. The Labute approximate surface area is 109 Å². The van der Waals surface area contributed by atoms with Crippen LogP contribution >= 0.6 is 0 Å². The molecule has 2 rings (SSSR count). The summed E-state index contributed by atoms with van der Waals surface area (Å²) in [5, 5.41) is 0. The zero-order valence-corrected chi connectivity index (χ0v) is 11.4. The van der Waals surface area contributed by atoms with Crippen molar-refractivity contribution in [1.29, 1.82) is 0 Å². The maximum absolute atomic E-state index is 5.96. The number of rotatable bonds is 5. The Morgan fingerprint density at radius 1 is 1.61 bits per heavy atom. The Morgan fingerprint density at radius 3 is 3.06 bits per heavy atom. The van der Waals surface area contributed by atoms with Crippen molar-refractivity contribution in [3.8, 4) is 0 Å². The summed E-state index contributed by atoms with van der Waals surface area (Å²) in [6, 6.07) is 0.102. The van der Waals surface area contributed by atoms with Crippen molar-refractivity contribution >= 4 is 0 Å². The van der Waals surface area contributed by atoms with Crippen molar-refractivity contribution in [2.45, 2.75) is 57.7 Å². The van der Waals surface area contributed by atoms with Crippen LogP contribution in [0.3, 0.4) is 0 Å². The van der Waals surface area contributed by atoms with Crippen molar-refractivity contribution < 1.29 is 4.74 Å². The van der Waals surface area contributed by atoms with Gasteiger partial charge >= 0.3 is 0 Å². The maximum atomic E-state index is 5.96. The number of aryl methyl sites for hydroxylation is 1. The molecule has 18 heavy (non-hydrogen) atoms. The molecule has 1 aliphatic heterocycles. The van der Waals surface area contributed by atoms with Gasteiger partial charge in [0, 0.05) is 32.0 Å². The summed E-state index contributed by atoms with van der Waals surface area (Å²) in [6.07, 6.45) is 8.05. The van der Waals surface area contributed by atoms with E-state index in [0.29, 0.717) is 0 Å². The third kappa shape index (κ3) is 2.74. The molecule has 0 bridgehead atoms. The van der Waals surface area contributed by atoms with Gasteiger partial charge in [-0.15, -0.1) is 0 Å². The van der Waals surface area contributed by atoms with E-state index in [1.807, 2.05) is 12.4 Å². The summed E-state index contributed by atoms with van der Waals surface area (Å²) < 4.78 is 8.11. The molecular formula is C13H24N4O. The van der Waals surface area contributed by atoms with Gasteiger partial charge in [-0.1, -0.05) is 0 Å². The molecule has 0 amide bonds. The van der Waals surface area contributed by atoms with Gasteiger partial charge in [-0.25, -0.2) is 4.98 Å². The van der Waals surface area contributed by atoms with Crippen LogP contribution in [0.25, 0.3) is 0 Å². The molecule has 3 N–H and O–H groups in total. The van der Waals surface area contributed by atoms with E-state index in [9.17, 15) is 0 Å². The number of nitrogens with one attached hydrogen (secondary N) is 1. The fraction of sp³-hybridized carbons (Fsp3) is 0.769. The average molecular weight is 252 g/mol. The molecule has 0 saturated carbocycles. The van der Waals surface area contributed by atoms with Gasteiger partial charge in [0.1, 0.15) is 5.82 Å². The number of aromatic nitrogens is 2. The number of ether oxygens (including phenoxy) is 1.